The Balaban J connectivity index is 2.11. The lowest BCUT2D eigenvalue weighted by atomic mass is 10.1. The molecule has 0 spiro atoms. The minimum atomic E-state index is -0.191. The molecule has 128 valence electrons. The first-order chi connectivity index (χ1) is 11.5. The second-order valence-electron chi connectivity index (χ2n) is 5.12. The second-order valence-corrected chi connectivity index (χ2v) is 5.12. The number of anilines is 1. The Labute approximate surface area is 139 Å². The molecule has 0 aliphatic carbocycles. The average molecular weight is 332 g/mol. The number of hydrogen-bond acceptors (Lipinski definition) is 6. The van der Waals surface area contributed by atoms with E-state index in [0.29, 0.717) is 29.5 Å². The molecule has 8 nitrogen and oxygen atoms in total. The van der Waals surface area contributed by atoms with Crippen LogP contribution in [0.25, 0.3) is 0 Å². The number of methoxy groups -OCH3 is 1. The van der Waals surface area contributed by atoms with Crippen molar-refractivity contribution in [1.29, 1.82) is 0 Å². The predicted octanol–water partition coefficient (Wildman–Crippen LogP) is 1.84. The highest BCUT2D eigenvalue weighted by Gasteiger charge is 2.18. The first-order valence-corrected chi connectivity index (χ1v) is 7.50. The molecular weight excluding hydrogens is 312 g/mol. The third-order valence-corrected chi connectivity index (χ3v) is 3.21. The summed E-state index contributed by atoms with van der Waals surface area (Å²) in [4.78, 5) is 29.5. The molecule has 2 aromatic rings. The second kappa shape index (κ2) is 8.21. The highest BCUT2D eigenvalue weighted by Crippen LogP contribution is 2.14. The highest BCUT2D eigenvalue weighted by molar-refractivity contribution is 5.96. The lowest BCUT2D eigenvalue weighted by molar-refractivity contribution is -0.114. The van der Waals surface area contributed by atoms with Crippen LogP contribution in [0.3, 0.4) is 0 Å². The molecule has 2 amide bonds. The summed E-state index contributed by atoms with van der Waals surface area (Å²) in [6, 6.07) is 6.77. The van der Waals surface area contributed by atoms with Crippen LogP contribution >= 0.6 is 0 Å². The Morgan fingerprint density at radius 3 is 2.83 bits per heavy atom. The van der Waals surface area contributed by atoms with Gasteiger partial charge in [0.1, 0.15) is 13.2 Å². The van der Waals surface area contributed by atoms with Gasteiger partial charge in [0, 0.05) is 31.8 Å². The molecule has 0 aliphatic heterocycles. The van der Waals surface area contributed by atoms with Crippen LogP contribution in [0.4, 0.5) is 5.69 Å². The van der Waals surface area contributed by atoms with Gasteiger partial charge < -0.3 is 19.5 Å². The van der Waals surface area contributed by atoms with Gasteiger partial charge in [0.05, 0.1) is 0 Å². The van der Waals surface area contributed by atoms with Gasteiger partial charge in [0.25, 0.3) is 5.91 Å². The number of ether oxygens (including phenoxy) is 1. The van der Waals surface area contributed by atoms with Gasteiger partial charge in [-0.05, 0) is 25.1 Å². The van der Waals surface area contributed by atoms with Crippen molar-refractivity contribution in [3.8, 4) is 0 Å². The topological polar surface area (TPSA) is 97.6 Å². The van der Waals surface area contributed by atoms with Crippen LogP contribution in [-0.4, -0.2) is 40.5 Å². The van der Waals surface area contributed by atoms with Crippen LogP contribution in [0, 0.1) is 0 Å². The quantitative estimate of drug-likeness (QED) is 0.831. The van der Waals surface area contributed by atoms with Gasteiger partial charge >= 0.3 is 0 Å². The van der Waals surface area contributed by atoms with Crippen molar-refractivity contribution in [3.63, 3.8) is 0 Å². The fraction of sp³-hybridized carbons (Fsp3) is 0.375. The van der Waals surface area contributed by atoms with E-state index < -0.39 is 0 Å². The van der Waals surface area contributed by atoms with Gasteiger partial charge in [-0.15, -0.1) is 0 Å². The van der Waals surface area contributed by atoms with Crippen molar-refractivity contribution in [1.82, 2.24) is 15.0 Å². The number of nitrogens with zero attached hydrogens (tertiary/aromatic N) is 3. The summed E-state index contributed by atoms with van der Waals surface area (Å²) in [5.41, 5.74) is 1.05. The van der Waals surface area contributed by atoms with Crippen LogP contribution in [0.5, 0.6) is 0 Å². The van der Waals surface area contributed by atoms with Crippen LogP contribution in [-0.2, 0) is 22.7 Å². The van der Waals surface area contributed by atoms with E-state index in [1.165, 1.54) is 6.92 Å². The first kappa shape index (κ1) is 17.6. The number of benzene rings is 1. The molecule has 0 aliphatic rings. The first-order valence-electron chi connectivity index (χ1n) is 7.50. The zero-order valence-electron chi connectivity index (χ0n) is 13.9. The molecule has 0 saturated heterocycles. The number of rotatable bonds is 7. The maximum atomic E-state index is 12.6. The lowest BCUT2D eigenvalue weighted by Gasteiger charge is -2.19. The molecule has 0 unspecified atom stereocenters. The van der Waals surface area contributed by atoms with E-state index in [9.17, 15) is 9.59 Å². The van der Waals surface area contributed by atoms with Gasteiger partial charge in [0.15, 0.2) is 5.82 Å². The number of hydrogen-bond donors (Lipinski definition) is 1. The number of carbonyl (C=O) groups is 2. The third kappa shape index (κ3) is 4.63. The molecule has 2 rings (SSSR count). The van der Waals surface area contributed by atoms with Crippen LogP contribution < -0.4 is 5.32 Å². The zero-order valence-corrected chi connectivity index (χ0v) is 13.9. The molecule has 8 heteroatoms. The van der Waals surface area contributed by atoms with Crippen molar-refractivity contribution < 1.29 is 18.8 Å². The van der Waals surface area contributed by atoms with E-state index in [1.54, 1.807) is 36.3 Å². The largest absolute Gasteiger partial charge is 0.377 e. The molecule has 0 atom stereocenters. The van der Waals surface area contributed by atoms with E-state index >= 15 is 0 Å². The summed E-state index contributed by atoms with van der Waals surface area (Å²) in [6.07, 6.45) is 0. The standard InChI is InChI=1S/C16H20N4O4/c1-4-20(9-15-18-14(10-23-3)19-24-15)16(22)12-6-5-7-13(8-12)17-11(2)21/h5-8H,4,9-10H2,1-3H3,(H,17,21). The summed E-state index contributed by atoms with van der Waals surface area (Å²) in [5, 5.41) is 6.44. The lowest BCUT2D eigenvalue weighted by Crippen LogP contribution is -2.30. The van der Waals surface area contributed by atoms with E-state index in [4.69, 9.17) is 9.26 Å². The van der Waals surface area contributed by atoms with Crippen molar-refractivity contribution in [2.75, 3.05) is 19.0 Å². The summed E-state index contributed by atoms with van der Waals surface area (Å²) in [7, 11) is 1.54. The average Bonchev–Trinajstić information content (AvgIpc) is 2.99. The van der Waals surface area contributed by atoms with E-state index in [2.05, 4.69) is 15.5 Å². The Kier molecular flexibility index (Phi) is 6.02. The summed E-state index contributed by atoms with van der Waals surface area (Å²) in [6.45, 7) is 4.21. The van der Waals surface area contributed by atoms with Crippen LogP contribution in [0.1, 0.15) is 35.9 Å². The molecule has 0 fully saturated rings. The maximum Gasteiger partial charge on any atom is 0.254 e. The predicted molar refractivity (Wildman–Crippen MR) is 86.2 cm³/mol. The molecule has 1 N–H and O–H groups in total. The van der Waals surface area contributed by atoms with Gasteiger partial charge in [-0.1, -0.05) is 11.2 Å². The molecule has 24 heavy (non-hydrogen) atoms. The zero-order chi connectivity index (χ0) is 17.5. The monoisotopic (exact) mass is 332 g/mol. The fourth-order valence-electron chi connectivity index (χ4n) is 2.15. The Hall–Kier alpha value is -2.74. The third-order valence-electron chi connectivity index (χ3n) is 3.21. The Bertz CT molecular complexity index is 714. The summed E-state index contributed by atoms with van der Waals surface area (Å²) in [5.74, 6) is 0.401. The molecule has 0 radical (unpaired) electrons. The highest BCUT2D eigenvalue weighted by atomic mass is 16.5. The molecule has 0 bridgehead atoms. The fourth-order valence-corrected chi connectivity index (χ4v) is 2.15. The van der Waals surface area contributed by atoms with Gasteiger partial charge in [-0.3, -0.25) is 9.59 Å². The minimum absolute atomic E-state index is 0.184. The smallest absolute Gasteiger partial charge is 0.254 e. The van der Waals surface area contributed by atoms with Crippen molar-refractivity contribution in [3.05, 3.63) is 41.5 Å². The molecular formula is C16H20N4O4. The van der Waals surface area contributed by atoms with Gasteiger partial charge in [0.2, 0.25) is 11.8 Å². The SMILES string of the molecule is CCN(Cc1nc(COC)no1)C(=O)c1cccc(NC(C)=O)c1. The molecule has 1 aromatic carbocycles. The maximum absolute atomic E-state index is 12.6. The van der Waals surface area contributed by atoms with E-state index in [1.807, 2.05) is 6.92 Å². The Morgan fingerprint density at radius 2 is 2.17 bits per heavy atom. The van der Waals surface area contributed by atoms with E-state index in [-0.39, 0.29) is 25.0 Å². The Morgan fingerprint density at radius 1 is 1.38 bits per heavy atom. The van der Waals surface area contributed by atoms with Gasteiger partial charge in [-0.2, -0.15) is 4.98 Å². The van der Waals surface area contributed by atoms with Crippen molar-refractivity contribution in [2.45, 2.75) is 27.0 Å². The van der Waals surface area contributed by atoms with Crippen LogP contribution in [0.15, 0.2) is 28.8 Å². The molecule has 1 aromatic heterocycles. The number of carbonyl (C=O) groups excluding carboxylic acids is 2. The summed E-state index contributed by atoms with van der Waals surface area (Å²) >= 11 is 0. The van der Waals surface area contributed by atoms with E-state index in [0.717, 1.165) is 0 Å². The number of amides is 2. The van der Waals surface area contributed by atoms with Gasteiger partial charge in [-0.25, -0.2) is 0 Å². The summed E-state index contributed by atoms with van der Waals surface area (Å²) < 4.78 is 10.1. The van der Waals surface area contributed by atoms with Crippen molar-refractivity contribution in [2.24, 2.45) is 0 Å². The molecule has 1 heterocycles. The minimum Gasteiger partial charge on any atom is -0.377 e. The van der Waals surface area contributed by atoms with Crippen LogP contribution in [0.2, 0.25) is 0 Å². The number of aromatic nitrogens is 2. The normalized spacial score (nSPS) is 10.5. The molecule has 0 saturated carbocycles. The number of nitrogens with one attached hydrogen (secondary N) is 1. The van der Waals surface area contributed by atoms with Crippen molar-refractivity contribution >= 4 is 17.5 Å².